The second-order valence-electron chi connectivity index (χ2n) is 8.64. The maximum absolute atomic E-state index is 6.11. The number of ether oxygens (including phenoxy) is 1. The molecule has 0 spiro atoms. The summed E-state index contributed by atoms with van der Waals surface area (Å²) in [4.78, 5) is 0. The van der Waals surface area contributed by atoms with E-state index in [1.807, 2.05) is 7.05 Å². The predicted molar refractivity (Wildman–Crippen MR) is 97.7 cm³/mol. The number of epoxide rings is 1. The summed E-state index contributed by atoms with van der Waals surface area (Å²) in [5.74, 6) is 2.07. The standard InChI is InChI=1S/C21H34NO/c1-15(2)7-6-11-21(14-23-21)19-10-12-20(4,22-5)18-9-8-16(3)13-17(18)19/h7,13,17-19H,6,8-12,14H2,1-5H3/q-1/t17-,18-,19-,20-,21?/m0/s1. The Morgan fingerprint density at radius 1 is 1.35 bits per heavy atom. The molecule has 23 heavy (non-hydrogen) atoms. The van der Waals surface area contributed by atoms with Gasteiger partial charge < -0.3 is 10.1 Å². The van der Waals surface area contributed by atoms with E-state index in [0.29, 0.717) is 17.8 Å². The Labute approximate surface area is 142 Å². The first-order chi connectivity index (χ1) is 10.9. The van der Waals surface area contributed by atoms with Crippen molar-refractivity contribution >= 4 is 0 Å². The zero-order chi connectivity index (χ0) is 16.7. The molecule has 2 nitrogen and oxygen atoms in total. The van der Waals surface area contributed by atoms with Crippen molar-refractivity contribution in [3.05, 3.63) is 28.6 Å². The summed E-state index contributed by atoms with van der Waals surface area (Å²) in [6.07, 6.45) is 12.4. The summed E-state index contributed by atoms with van der Waals surface area (Å²) < 4.78 is 6.11. The molecule has 0 aromatic heterocycles. The molecule has 2 fully saturated rings. The summed E-state index contributed by atoms with van der Waals surface area (Å²) in [6.45, 7) is 10.1. The molecule has 1 unspecified atom stereocenters. The molecule has 5 atom stereocenters. The molecular weight excluding hydrogens is 282 g/mol. The normalized spacial score (nSPS) is 42.7. The van der Waals surface area contributed by atoms with Gasteiger partial charge in [0.25, 0.3) is 0 Å². The molecule has 2 heteroatoms. The van der Waals surface area contributed by atoms with E-state index in [4.69, 9.17) is 10.1 Å². The number of hydrogen-bond acceptors (Lipinski definition) is 1. The van der Waals surface area contributed by atoms with Crippen molar-refractivity contribution in [2.24, 2.45) is 17.8 Å². The van der Waals surface area contributed by atoms with Gasteiger partial charge in [0.2, 0.25) is 0 Å². The molecule has 2 aliphatic carbocycles. The van der Waals surface area contributed by atoms with Crippen molar-refractivity contribution in [1.29, 1.82) is 0 Å². The van der Waals surface area contributed by atoms with Crippen LogP contribution in [0.4, 0.5) is 0 Å². The molecule has 0 N–H and O–H groups in total. The first kappa shape index (κ1) is 17.2. The van der Waals surface area contributed by atoms with Crippen molar-refractivity contribution in [3.8, 4) is 0 Å². The van der Waals surface area contributed by atoms with Crippen molar-refractivity contribution in [2.45, 2.75) is 77.4 Å². The molecule has 1 saturated carbocycles. The molecule has 0 bridgehead atoms. The molecule has 0 amide bonds. The van der Waals surface area contributed by atoms with Gasteiger partial charge in [-0.1, -0.05) is 36.6 Å². The highest BCUT2D eigenvalue weighted by molar-refractivity contribution is 5.22. The van der Waals surface area contributed by atoms with Crippen LogP contribution in [0.3, 0.4) is 0 Å². The fraction of sp³-hybridized carbons (Fsp3) is 0.810. The van der Waals surface area contributed by atoms with Crippen molar-refractivity contribution in [3.63, 3.8) is 0 Å². The molecule has 130 valence electrons. The summed E-state index contributed by atoms with van der Waals surface area (Å²) in [5.41, 5.74) is 3.34. The SMILES string of the molecule is C[N-][C@@]1(C)CC[C@H](C2(CCC=C(C)C)CO2)[C@H]2C=C(C)CC[C@@H]21. The third-order valence-electron chi connectivity index (χ3n) is 6.84. The lowest BCUT2D eigenvalue weighted by Crippen LogP contribution is -2.50. The Hall–Kier alpha value is -0.600. The summed E-state index contributed by atoms with van der Waals surface area (Å²) in [5, 5.41) is 4.83. The minimum atomic E-state index is 0.165. The molecule has 0 radical (unpaired) electrons. The minimum absolute atomic E-state index is 0.165. The van der Waals surface area contributed by atoms with E-state index in [-0.39, 0.29) is 11.1 Å². The maximum Gasteiger partial charge on any atom is 0.0953 e. The van der Waals surface area contributed by atoms with E-state index in [1.54, 1.807) is 5.57 Å². The van der Waals surface area contributed by atoms with Crippen LogP contribution in [0, 0.1) is 17.8 Å². The molecule has 0 aromatic carbocycles. The van der Waals surface area contributed by atoms with Gasteiger partial charge in [-0.3, -0.25) is 0 Å². The first-order valence-corrected chi connectivity index (χ1v) is 9.46. The predicted octanol–water partition coefficient (Wildman–Crippen LogP) is 5.65. The van der Waals surface area contributed by atoms with Crippen LogP contribution >= 0.6 is 0 Å². The van der Waals surface area contributed by atoms with Gasteiger partial charge in [-0.15, -0.1) is 5.54 Å². The van der Waals surface area contributed by atoms with Gasteiger partial charge in [0.05, 0.1) is 12.2 Å². The third-order valence-corrected chi connectivity index (χ3v) is 6.84. The van der Waals surface area contributed by atoms with Crippen LogP contribution in [0.2, 0.25) is 0 Å². The summed E-state index contributed by atoms with van der Waals surface area (Å²) >= 11 is 0. The van der Waals surface area contributed by atoms with E-state index in [2.05, 4.69) is 39.8 Å². The van der Waals surface area contributed by atoms with E-state index < -0.39 is 0 Å². The van der Waals surface area contributed by atoms with Gasteiger partial charge in [0.15, 0.2) is 0 Å². The quantitative estimate of drug-likeness (QED) is 0.476. The average Bonchev–Trinajstić information content (AvgIpc) is 3.27. The van der Waals surface area contributed by atoms with Gasteiger partial charge in [0, 0.05) is 0 Å². The number of nitrogens with zero attached hydrogens (tertiary/aromatic N) is 1. The molecule has 1 saturated heterocycles. The highest BCUT2D eigenvalue weighted by atomic mass is 16.6. The van der Waals surface area contributed by atoms with Gasteiger partial charge in [-0.2, -0.15) is 7.05 Å². The Kier molecular flexibility index (Phi) is 4.77. The van der Waals surface area contributed by atoms with Gasteiger partial charge in [-0.25, -0.2) is 0 Å². The minimum Gasteiger partial charge on any atom is -0.659 e. The van der Waals surface area contributed by atoms with E-state index in [9.17, 15) is 0 Å². The second-order valence-corrected chi connectivity index (χ2v) is 8.64. The fourth-order valence-electron chi connectivity index (χ4n) is 5.18. The zero-order valence-corrected chi connectivity index (χ0v) is 15.7. The van der Waals surface area contributed by atoms with Crippen LogP contribution in [0.25, 0.3) is 5.32 Å². The zero-order valence-electron chi connectivity index (χ0n) is 15.7. The van der Waals surface area contributed by atoms with E-state index >= 15 is 0 Å². The first-order valence-electron chi connectivity index (χ1n) is 9.46. The largest absolute Gasteiger partial charge is 0.659 e. The lowest BCUT2D eigenvalue weighted by molar-refractivity contribution is 0.0493. The van der Waals surface area contributed by atoms with E-state index in [1.165, 1.54) is 37.7 Å². The van der Waals surface area contributed by atoms with E-state index in [0.717, 1.165) is 13.0 Å². The molecular formula is C21H34NO-. The smallest absolute Gasteiger partial charge is 0.0953 e. The van der Waals surface area contributed by atoms with Crippen LogP contribution in [-0.2, 0) is 4.74 Å². The Morgan fingerprint density at radius 2 is 2.09 bits per heavy atom. The van der Waals surface area contributed by atoms with Crippen LogP contribution < -0.4 is 0 Å². The summed E-state index contributed by atoms with van der Waals surface area (Å²) in [7, 11) is 2.03. The lowest BCUT2D eigenvalue weighted by atomic mass is 9.56. The van der Waals surface area contributed by atoms with Crippen LogP contribution in [0.5, 0.6) is 0 Å². The highest BCUT2D eigenvalue weighted by Gasteiger charge is 2.56. The Morgan fingerprint density at radius 3 is 2.70 bits per heavy atom. The number of allylic oxidation sites excluding steroid dienone is 4. The van der Waals surface area contributed by atoms with Gasteiger partial charge in [0.1, 0.15) is 0 Å². The summed E-state index contributed by atoms with van der Waals surface area (Å²) in [6, 6.07) is 0. The van der Waals surface area contributed by atoms with Crippen LogP contribution in [0.1, 0.15) is 66.2 Å². The maximum atomic E-state index is 6.11. The fourth-order valence-corrected chi connectivity index (χ4v) is 5.18. The monoisotopic (exact) mass is 316 g/mol. The van der Waals surface area contributed by atoms with Crippen molar-refractivity contribution < 1.29 is 4.74 Å². The van der Waals surface area contributed by atoms with Crippen molar-refractivity contribution in [2.75, 3.05) is 13.7 Å². The van der Waals surface area contributed by atoms with Gasteiger partial charge in [-0.05, 0) is 70.6 Å². The Balaban J connectivity index is 1.80. The average molecular weight is 317 g/mol. The molecule has 3 aliphatic rings. The number of rotatable bonds is 5. The number of hydrogen-bond donors (Lipinski definition) is 0. The molecule has 1 heterocycles. The van der Waals surface area contributed by atoms with Crippen molar-refractivity contribution in [1.82, 2.24) is 0 Å². The molecule has 1 aliphatic heterocycles. The third kappa shape index (κ3) is 3.30. The molecule has 0 aromatic rings. The number of fused-ring (bicyclic) bond motifs is 1. The second kappa shape index (κ2) is 6.37. The molecule has 3 rings (SSSR count). The van der Waals surface area contributed by atoms with Gasteiger partial charge >= 0.3 is 0 Å². The lowest BCUT2D eigenvalue weighted by Gasteiger charge is -2.59. The van der Waals surface area contributed by atoms with Crippen LogP contribution in [-0.4, -0.2) is 24.8 Å². The Bertz CT molecular complexity index is 498. The highest BCUT2D eigenvalue weighted by Crippen LogP contribution is 2.57. The van der Waals surface area contributed by atoms with Crippen LogP contribution in [0.15, 0.2) is 23.3 Å². The topological polar surface area (TPSA) is 26.6 Å².